The molecule has 0 saturated heterocycles. The molecule has 2 aromatic rings. The van der Waals surface area contributed by atoms with Gasteiger partial charge < -0.3 is 25.3 Å². The first-order chi connectivity index (χ1) is 15.2. The van der Waals surface area contributed by atoms with E-state index in [1.54, 1.807) is 4.90 Å². The molecule has 2 heterocycles. The van der Waals surface area contributed by atoms with Crippen molar-refractivity contribution in [2.75, 3.05) is 6.54 Å². The lowest BCUT2D eigenvalue weighted by molar-refractivity contribution is 0.0997. The van der Waals surface area contributed by atoms with Crippen LogP contribution in [0.25, 0.3) is 11.1 Å². The Morgan fingerprint density at radius 2 is 1.88 bits per heavy atom. The summed E-state index contributed by atoms with van der Waals surface area (Å²) >= 11 is 0. The molecule has 0 unspecified atom stereocenters. The largest absolute Gasteiger partial charge is 0.490 e. The fourth-order valence-corrected chi connectivity index (χ4v) is 4.60. The molecule has 1 aromatic heterocycles. The highest BCUT2D eigenvalue weighted by Gasteiger charge is 2.38. The predicted octanol–water partition coefficient (Wildman–Crippen LogP) is 4.00. The minimum Gasteiger partial charge on any atom is -0.490 e. The number of hydrogen-bond acceptors (Lipinski definition) is 3. The summed E-state index contributed by atoms with van der Waals surface area (Å²) in [5, 5.41) is 3.03. The Hall–Kier alpha value is -2.96. The lowest BCUT2D eigenvalue weighted by atomic mass is 9.97. The Bertz CT molecular complexity index is 1070. The molecule has 0 spiro atoms. The lowest BCUT2D eigenvalue weighted by Gasteiger charge is -2.33. The Morgan fingerprint density at radius 1 is 1.12 bits per heavy atom. The lowest BCUT2D eigenvalue weighted by Crippen LogP contribution is -2.50. The van der Waals surface area contributed by atoms with Gasteiger partial charge in [0.15, 0.2) is 0 Å². The molecule has 0 bridgehead atoms. The highest BCUT2D eigenvalue weighted by atomic mass is 16.5. The van der Waals surface area contributed by atoms with Crippen molar-refractivity contribution in [1.29, 1.82) is 0 Å². The van der Waals surface area contributed by atoms with Crippen LogP contribution in [-0.4, -0.2) is 39.6 Å². The molecule has 5 rings (SSSR count). The molecule has 7 heteroatoms. The van der Waals surface area contributed by atoms with E-state index in [-0.39, 0.29) is 11.6 Å². The molecule has 2 fully saturated rings. The summed E-state index contributed by atoms with van der Waals surface area (Å²) in [5.41, 5.74) is 10.1. The van der Waals surface area contributed by atoms with Crippen LogP contribution in [0.15, 0.2) is 24.3 Å². The van der Waals surface area contributed by atoms with Crippen LogP contribution in [0, 0.1) is 0 Å². The molecule has 2 aliphatic carbocycles. The summed E-state index contributed by atoms with van der Waals surface area (Å²) in [7, 11) is 0. The second-order valence-corrected chi connectivity index (χ2v) is 10.3. The second kappa shape index (κ2) is 7.57. The summed E-state index contributed by atoms with van der Waals surface area (Å²) in [6.07, 6.45) is 4.72. The van der Waals surface area contributed by atoms with Gasteiger partial charge in [-0.2, -0.15) is 0 Å². The first-order valence-electron chi connectivity index (χ1n) is 11.6. The maximum atomic E-state index is 12.8. The van der Waals surface area contributed by atoms with Gasteiger partial charge in [0, 0.05) is 29.9 Å². The maximum absolute atomic E-state index is 12.8. The number of fused-ring (bicyclic) bond motifs is 1. The number of primary amides is 1. The number of urea groups is 1. The number of nitrogens with one attached hydrogen (secondary N) is 1. The summed E-state index contributed by atoms with van der Waals surface area (Å²) in [4.78, 5) is 27.4. The van der Waals surface area contributed by atoms with Crippen molar-refractivity contribution >= 4 is 11.9 Å². The molecule has 170 valence electrons. The van der Waals surface area contributed by atoms with E-state index in [1.807, 2.05) is 45.0 Å². The number of carbonyl (C=O) groups excluding carboxylic acids is 2. The normalized spacial score (nSPS) is 18.3. The van der Waals surface area contributed by atoms with E-state index in [4.69, 9.17) is 10.5 Å². The molecular formula is C25H32N4O3. The number of aromatic nitrogens is 1. The predicted molar refractivity (Wildman–Crippen MR) is 123 cm³/mol. The number of benzene rings is 1. The van der Waals surface area contributed by atoms with Crippen molar-refractivity contribution in [3.8, 4) is 16.9 Å². The molecule has 32 heavy (non-hydrogen) atoms. The monoisotopic (exact) mass is 436 g/mol. The Labute approximate surface area is 188 Å². The molecule has 1 aliphatic heterocycles. The number of nitrogens with two attached hydrogens (primary N) is 1. The number of ether oxygens (including phenoxy) is 1. The van der Waals surface area contributed by atoms with E-state index in [1.165, 1.54) is 5.69 Å². The Morgan fingerprint density at radius 3 is 2.50 bits per heavy atom. The van der Waals surface area contributed by atoms with Gasteiger partial charge in [0.1, 0.15) is 5.75 Å². The van der Waals surface area contributed by atoms with Crippen LogP contribution in [0.3, 0.4) is 0 Å². The van der Waals surface area contributed by atoms with E-state index >= 15 is 0 Å². The first kappa shape index (κ1) is 20.9. The van der Waals surface area contributed by atoms with Crippen molar-refractivity contribution in [2.24, 2.45) is 5.73 Å². The van der Waals surface area contributed by atoms with Gasteiger partial charge in [-0.25, -0.2) is 4.79 Å². The van der Waals surface area contributed by atoms with Crippen LogP contribution >= 0.6 is 0 Å². The van der Waals surface area contributed by atoms with Crippen LogP contribution in [-0.2, 0) is 13.1 Å². The minimum absolute atomic E-state index is 0.116. The van der Waals surface area contributed by atoms with Crippen LogP contribution in [0.2, 0.25) is 0 Å². The zero-order valence-electron chi connectivity index (χ0n) is 19.1. The zero-order chi connectivity index (χ0) is 22.6. The van der Waals surface area contributed by atoms with Crippen LogP contribution < -0.4 is 15.8 Å². The molecule has 3 aliphatic rings. The molecule has 7 nitrogen and oxygen atoms in total. The fourth-order valence-electron chi connectivity index (χ4n) is 4.60. The number of rotatable bonds is 5. The zero-order valence-corrected chi connectivity index (χ0v) is 19.1. The van der Waals surface area contributed by atoms with Crippen molar-refractivity contribution in [3.05, 3.63) is 41.2 Å². The first-order valence-corrected chi connectivity index (χ1v) is 11.6. The quantitative estimate of drug-likeness (QED) is 0.742. The number of amides is 3. The molecule has 3 N–H and O–H groups in total. The van der Waals surface area contributed by atoms with Gasteiger partial charge in [-0.1, -0.05) is 12.1 Å². The average Bonchev–Trinajstić information content (AvgIpc) is 3.65. The van der Waals surface area contributed by atoms with E-state index < -0.39 is 5.91 Å². The van der Waals surface area contributed by atoms with Crippen molar-refractivity contribution in [2.45, 2.75) is 77.1 Å². The average molecular weight is 437 g/mol. The maximum Gasteiger partial charge on any atom is 0.318 e. The van der Waals surface area contributed by atoms with Gasteiger partial charge >= 0.3 is 6.03 Å². The van der Waals surface area contributed by atoms with Gasteiger partial charge in [0.2, 0.25) is 0 Å². The van der Waals surface area contributed by atoms with Gasteiger partial charge in [0.25, 0.3) is 5.91 Å². The molecule has 1 aromatic carbocycles. The SMILES string of the molecule is CC(C)(C)NC(=O)N1CCn2c(c(C(N)=O)c(-c3cccc(OC4CC4)c3)c2C2CC2)C1. The summed E-state index contributed by atoms with van der Waals surface area (Å²) in [6, 6.07) is 7.89. The molecule has 0 atom stereocenters. The number of nitrogens with zero attached hydrogens (tertiary/aromatic N) is 2. The van der Waals surface area contributed by atoms with Crippen molar-refractivity contribution < 1.29 is 14.3 Å². The van der Waals surface area contributed by atoms with Gasteiger partial charge in [-0.05, 0) is 70.1 Å². The highest BCUT2D eigenvalue weighted by Crippen LogP contribution is 2.49. The van der Waals surface area contributed by atoms with E-state index in [0.29, 0.717) is 37.2 Å². The summed E-state index contributed by atoms with van der Waals surface area (Å²) in [6.45, 7) is 7.53. The summed E-state index contributed by atoms with van der Waals surface area (Å²) in [5.74, 6) is 0.819. The smallest absolute Gasteiger partial charge is 0.318 e. The van der Waals surface area contributed by atoms with Crippen molar-refractivity contribution in [1.82, 2.24) is 14.8 Å². The molecule has 0 radical (unpaired) electrons. The van der Waals surface area contributed by atoms with Gasteiger partial charge in [-0.15, -0.1) is 0 Å². The minimum atomic E-state index is -0.442. The fraction of sp³-hybridized carbons (Fsp3) is 0.520. The number of carbonyl (C=O) groups is 2. The molecule has 2 saturated carbocycles. The van der Waals surface area contributed by atoms with E-state index in [9.17, 15) is 9.59 Å². The van der Waals surface area contributed by atoms with Crippen molar-refractivity contribution in [3.63, 3.8) is 0 Å². The van der Waals surface area contributed by atoms with Crippen LogP contribution in [0.4, 0.5) is 4.79 Å². The third-order valence-corrected chi connectivity index (χ3v) is 6.27. The van der Waals surface area contributed by atoms with E-state index in [0.717, 1.165) is 48.3 Å². The second-order valence-electron chi connectivity index (χ2n) is 10.3. The number of hydrogen-bond donors (Lipinski definition) is 2. The summed E-state index contributed by atoms with van der Waals surface area (Å²) < 4.78 is 8.27. The van der Waals surface area contributed by atoms with E-state index in [2.05, 4.69) is 9.88 Å². The van der Waals surface area contributed by atoms with Crippen LogP contribution in [0.1, 0.15) is 74.1 Å². The van der Waals surface area contributed by atoms with Gasteiger partial charge in [0.05, 0.1) is 23.9 Å². The molecule has 3 amide bonds. The Balaban J connectivity index is 1.57. The third kappa shape index (κ3) is 4.08. The van der Waals surface area contributed by atoms with Crippen LogP contribution in [0.5, 0.6) is 5.75 Å². The highest BCUT2D eigenvalue weighted by molar-refractivity contribution is 6.02. The standard InChI is InChI=1S/C25H32N4O3/c1-25(2,3)27-24(31)28-11-12-29-19(14-28)21(23(26)30)20(22(29)15-7-8-15)16-5-4-6-18(13-16)32-17-9-10-17/h4-6,13,15,17H,7-12,14H2,1-3H3,(H2,26,30)(H,27,31). The Kier molecular flexibility index (Phi) is 4.95. The molecular weight excluding hydrogens is 404 g/mol. The van der Waals surface area contributed by atoms with Gasteiger partial charge in [-0.3, -0.25) is 4.79 Å². The topological polar surface area (TPSA) is 89.6 Å². The third-order valence-electron chi connectivity index (χ3n) is 6.27.